The van der Waals surface area contributed by atoms with E-state index in [0.29, 0.717) is 24.4 Å². The van der Waals surface area contributed by atoms with Gasteiger partial charge in [-0.05, 0) is 20.8 Å². The molecule has 1 aliphatic heterocycles. The average molecular weight is 340 g/mol. The van der Waals surface area contributed by atoms with Gasteiger partial charge in [-0.25, -0.2) is 14.4 Å². The number of rotatable bonds is 6. The Hall–Kier alpha value is -2.67. The lowest BCUT2D eigenvalue weighted by atomic mass is 10.4. The lowest BCUT2D eigenvalue weighted by Crippen LogP contribution is -2.09. The Morgan fingerprint density at radius 1 is 1.08 bits per heavy atom. The number of hydrogen-bond acceptors (Lipinski definition) is 6. The Morgan fingerprint density at radius 3 is 1.71 bits per heavy atom. The van der Waals surface area contributed by atoms with Gasteiger partial charge < -0.3 is 19.3 Å². The highest BCUT2D eigenvalue weighted by Gasteiger charge is 2.24. The largest absolute Gasteiger partial charge is 0.478 e. The predicted molar refractivity (Wildman–Crippen MR) is 89.1 cm³/mol. The maximum absolute atomic E-state index is 10.7. The van der Waals surface area contributed by atoms with E-state index in [1.165, 1.54) is 6.92 Å². The number of carboxylic acid groups (broad SMARTS) is 1. The van der Waals surface area contributed by atoms with Crippen LogP contribution in [0.3, 0.4) is 0 Å². The highest BCUT2D eigenvalue weighted by Crippen LogP contribution is 2.09. The molecule has 1 rings (SSSR count). The summed E-state index contributed by atoms with van der Waals surface area (Å²) < 4.78 is 13.9. The van der Waals surface area contributed by atoms with E-state index >= 15 is 0 Å². The minimum absolute atomic E-state index is 0.142. The van der Waals surface area contributed by atoms with Crippen LogP contribution in [-0.4, -0.2) is 42.3 Å². The zero-order valence-electron chi connectivity index (χ0n) is 14.3. The third kappa shape index (κ3) is 15.7. The Labute approximate surface area is 141 Å². The molecule has 0 radical (unpaired) electrons. The normalized spacial score (nSPS) is 13.5. The smallest absolute Gasteiger partial charge is 0.337 e. The summed E-state index contributed by atoms with van der Waals surface area (Å²) in [6.45, 7) is 18.9. The fourth-order valence-electron chi connectivity index (χ4n) is 0.632. The summed E-state index contributed by atoms with van der Waals surface area (Å²) in [4.78, 5) is 30.6. The summed E-state index contributed by atoms with van der Waals surface area (Å²) in [5.74, 6) is -1.70. The lowest BCUT2D eigenvalue weighted by molar-refractivity contribution is -0.139. The fourth-order valence-corrected chi connectivity index (χ4v) is 0.632. The fraction of sp³-hybridized carbons (Fsp3) is 0.353. The van der Waals surface area contributed by atoms with Gasteiger partial charge >= 0.3 is 17.9 Å². The summed E-state index contributed by atoms with van der Waals surface area (Å²) in [5.41, 5.74) is 0.987. The summed E-state index contributed by atoms with van der Waals surface area (Å²) in [7, 11) is 0. The van der Waals surface area contributed by atoms with Crippen molar-refractivity contribution in [3.05, 3.63) is 49.3 Å². The molecule has 1 N–H and O–H groups in total. The first-order valence-electron chi connectivity index (χ1n) is 6.83. The van der Waals surface area contributed by atoms with Gasteiger partial charge in [0.05, 0.1) is 12.9 Å². The molecule has 1 unspecified atom stereocenters. The number of carbonyl (C=O) groups excluding carboxylic acids is 2. The highest BCUT2D eigenvalue weighted by atomic mass is 16.6. The maximum Gasteiger partial charge on any atom is 0.337 e. The van der Waals surface area contributed by atoms with E-state index in [0.717, 1.165) is 6.26 Å². The van der Waals surface area contributed by atoms with Crippen LogP contribution in [0.25, 0.3) is 0 Å². The number of hydrogen-bond donors (Lipinski definition) is 1. The first-order valence-corrected chi connectivity index (χ1v) is 6.83. The second-order valence-corrected chi connectivity index (χ2v) is 4.77. The number of carboxylic acids is 1. The third-order valence-corrected chi connectivity index (χ3v) is 2.06. The minimum atomic E-state index is -0.935. The molecule has 0 aromatic rings. The van der Waals surface area contributed by atoms with Gasteiger partial charge in [-0.1, -0.05) is 26.3 Å². The molecular formula is C17H24O7. The average Bonchev–Trinajstić information content (AvgIpc) is 3.30. The third-order valence-electron chi connectivity index (χ3n) is 2.06. The van der Waals surface area contributed by atoms with Crippen molar-refractivity contribution in [3.8, 4) is 0 Å². The van der Waals surface area contributed by atoms with E-state index in [-0.39, 0.29) is 17.6 Å². The van der Waals surface area contributed by atoms with Crippen LogP contribution >= 0.6 is 0 Å². The molecule has 0 aromatic heterocycles. The van der Waals surface area contributed by atoms with Gasteiger partial charge in [-0.15, -0.1) is 0 Å². The standard InChI is InChI=1S/C7H10O3.C6H8O2.C4H6O2/c1-5(2)7(8)10-4-6-3-9-6;1-4-8-6(7)5(2)3;1-3(2)4(5)6/h6H,1,3-4H2,2H3;4H,1-2H2,3H3;1H2,2H3,(H,5,6). The van der Waals surface area contributed by atoms with E-state index < -0.39 is 11.9 Å². The topological polar surface area (TPSA) is 102 Å². The molecule has 1 aliphatic rings. The zero-order valence-corrected chi connectivity index (χ0v) is 14.3. The van der Waals surface area contributed by atoms with Crippen LogP contribution in [0.5, 0.6) is 0 Å². The lowest BCUT2D eigenvalue weighted by Gasteiger charge is -1.99. The molecule has 1 atom stereocenters. The van der Waals surface area contributed by atoms with Gasteiger partial charge in [0.1, 0.15) is 12.7 Å². The first-order chi connectivity index (χ1) is 11.0. The molecule has 1 saturated heterocycles. The molecule has 134 valence electrons. The first kappa shape index (κ1) is 23.6. The SMILES string of the molecule is C=C(C)C(=O)O.C=C(C)C(=O)OCC1CO1.C=COC(=O)C(=C)C. The van der Waals surface area contributed by atoms with Crippen molar-refractivity contribution in [2.45, 2.75) is 26.9 Å². The summed E-state index contributed by atoms with van der Waals surface area (Å²) in [5, 5.41) is 7.89. The molecule has 1 heterocycles. The second kappa shape index (κ2) is 12.8. The van der Waals surface area contributed by atoms with Crippen molar-refractivity contribution in [2.75, 3.05) is 13.2 Å². The van der Waals surface area contributed by atoms with Crippen LogP contribution < -0.4 is 0 Å². The Bertz CT molecular complexity index is 501. The number of ether oxygens (including phenoxy) is 3. The Balaban J connectivity index is 0. The maximum atomic E-state index is 10.7. The van der Waals surface area contributed by atoms with E-state index in [1.54, 1.807) is 13.8 Å². The van der Waals surface area contributed by atoms with Crippen LogP contribution in [0.2, 0.25) is 0 Å². The van der Waals surface area contributed by atoms with Crippen LogP contribution in [-0.2, 0) is 28.6 Å². The van der Waals surface area contributed by atoms with Crippen molar-refractivity contribution in [1.29, 1.82) is 0 Å². The number of epoxide rings is 1. The van der Waals surface area contributed by atoms with E-state index in [9.17, 15) is 14.4 Å². The predicted octanol–water partition coefficient (Wildman–Crippen LogP) is 2.40. The zero-order chi connectivity index (χ0) is 19.3. The van der Waals surface area contributed by atoms with Gasteiger partial charge in [0.15, 0.2) is 0 Å². The van der Waals surface area contributed by atoms with E-state index in [1.807, 2.05) is 0 Å². The Morgan fingerprint density at radius 2 is 1.50 bits per heavy atom. The van der Waals surface area contributed by atoms with E-state index in [2.05, 4.69) is 31.1 Å². The molecule has 24 heavy (non-hydrogen) atoms. The summed E-state index contributed by atoms with van der Waals surface area (Å²) >= 11 is 0. The van der Waals surface area contributed by atoms with Gasteiger partial charge in [-0.2, -0.15) is 0 Å². The number of aliphatic carboxylic acids is 1. The van der Waals surface area contributed by atoms with Gasteiger partial charge in [0, 0.05) is 16.7 Å². The molecule has 0 aliphatic carbocycles. The van der Waals surface area contributed by atoms with Crippen LogP contribution in [0.4, 0.5) is 0 Å². The minimum Gasteiger partial charge on any atom is -0.478 e. The molecule has 0 amide bonds. The molecule has 1 fully saturated rings. The second-order valence-electron chi connectivity index (χ2n) is 4.77. The Kier molecular flexibility index (Phi) is 12.6. The summed E-state index contributed by atoms with van der Waals surface area (Å²) in [6.07, 6.45) is 1.22. The molecule has 0 bridgehead atoms. The molecule has 0 spiro atoms. The number of esters is 2. The van der Waals surface area contributed by atoms with Gasteiger partial charge in [0.25, 0.3) is 0 Å². The molecule has 0 aromatic carbocycles. The molecule has 0 saturated carbocycles. The van der Waals surface area contributed by atoms with Crippen molar-refractivity contribution in [2.24, 2.45) is 0 Å². The van der Waals surface area contributed by atoms with Gasteiger partial charge in [0.2, 0.25) is 0 Å². The molecule has 7 heteroatoms. The quantitative estimate of drug-likeness (QED) is 0.343. The van der Waals surface area contributed by atoms with Crippen molar-refractivity contribution in [3.63, 3.8) is 0 Å². The molecule has 7 nitrogen and oxygen atoms in total. The van der Waals surface area contributed by atoms with Gasteiger partial charge in [-0.3, -0.25) is 0 Å². The van der Waals surface area contributed by atoms with Crippen LogP contribution in [0, 0.1) is 0 Å². The van der Waals surface area contributed by atoms with Crippen LogP contribution in [0.15, 0.2) is 49.3 Å². The molecular weight excluding hydrogens is 316 g/mol. The van der Waals surface area contributed by atoms with Crippen LogP contribution in [0.1, 0.15) is 20.8 Å². The van der Waals surface area contributed by atoms with E-state index in [4.69, 9.17) is 14.6 Å². The van der Waals surface area contributed by atoms with Crippen molar-refractivity contribution >= 4 is 17.9 Å². The van der Waals surface area contributed by atoms with Crippen molar-refractivity contribution in [1.82, 2.24) is 0 Å². The van der Waals surface area contributed by atoms with Crippen molar-refractivity contribution < 1.29 is 33.7 Å². The number of carbonyl (C=O) groups is 3. The monoisotopic (exact) mass is 340 g/mol. The highest BCUT2D eigenvalue weighted by molar-refractivity contribution is 5.87. The summed E-state index contributed by atoms with van der Waals surface area (Å²) in [6, 6.07) is 0.